The number of nitrogen functional groups attached to an aromatic ring is 1. The minimum Gasteiger partial charge on any atom is -0.383 e. The third kappa shape index (κ3) is 4.36. The summed E-state index contributed by atoms with van der Waals surface area (Å²) in [4.78, 5) is 11.4. The highest BCUT2D eigenvalue weighted by molar-refractivity contribution is 5.99. The maximum absolute atomic E-state index is 14.8. The monoisotopic (exact) mass is 449 g/mol. The number of anilines is 2. The first-order valence-electron chi connectivity index (χ1n) is 11.1. The van der Waals surface area contributed by atoms with Gasteiger partial charge in [-0.1, -0.05) is 36.4 Å². The number of nitrogens with two attached hydrogens (primary N) is 1. The van der Waals surface area contributed by atoms with Crippen molar-refractivity contribution in [2.75, 3.05) is 37.2 Å². The molecule has 2 aromatic heterocycles. The molecule has 3 N–H and O–H groups in total. The summed E-state index contributed by atoms with van der Waals surface area (Å²) in [5.74, 6) is -1.31. The van der Waals surface area contributed by atoms with E-state index in [4.69, 9.17) is 5.73 Å². The van der Waals surface area contributed by atoms with Gasteiger partial charge in [0.2, 0.25) is 5.95 Å². The van der Waals surface area contributed by atoms with Gasteiger partial charge in [-0.05, 0) is 43.6 Å². The Bertz CT molecular complexity index is 1270. The first kappa shape index (κ1) is 21.3. The van der Waals surface area contributed by atoms with Crippen molar-refractivity contribution in [1.82, 2.24) is 24.6 Å². The average molecular weight is 450 g/mol. The number of halogens is 2. The van der Waals surface area contributed by atoms with E-state index in [1.807, 2.05) is 30.3 Å². The van der Waals surface area contributed by atoms with Crippen LogP contribution in [0.15, 0.2) is 48.5 Å². The van der Waals surface area contributed by atoms with Crippen molar-refractivity contribution >= 4 is 22.8 Å². The highest BCUT2D eigenvalue weighted by Gasteiger charge is 2.22. The van der Waals surface area contributed by atoms with E-state index in [9.17, 15) is 8.78 Å². The Hall–Kier alpha value is -3.59. The number of benzene rings is 2. The molecule has 0 aliphatic carbocycles. The van der Waals surface area contributed by atoms with Crippen molar-refractivity contribution in [1.29, 1.82) is 0 Å². The van der Waals surface area contributed by atoms with Crippen LogP contribution in [0.2, 0.25) is 0 Å². The van der Waals surface area contributed by atoms with Gasteiger partial charge in [-0.3, -0.25) is 0 Å². The SMILES string of the molecule is Nc1c2c(-c3cccc(F)c3F)nc(NCCN3CCCC3)nc2nn1Cc1ccccc1. The second kappa shape index (κ2) is 9.11. The molecule has 2 aromatic carbocycles. The first-order chi connectivity index (χ1) is 16.1. The standard InChI is InChI=1S/C24H25F2N7/c25-18-10-6-9-17(20(18)26)21-19-22(27)33(15-16-7-2-1-3-8-16)31-23(19)30-24(29-21)28-11-14-32-12-4-5-13-32/h1-3,6-10H,4-5,11-15,27H2,(H,28,30,31). The summed E-state index contributed by atoms with van der Waals surface area (Å²) in [5, 5.41) is 8.19. The summed E-state index contributed by atoms with van der Waals surface area (Å²) in [7, 11) is 0. The normalized spacial score (nSPS) is 14.2. The van der Waals surface area contributed by atoms with Gasteiger partial charge in [0, 0.05) is 18.7 Å². The molecule has 33 heavy (non-hydrogen) atoms. The highest BCUT2D eigenvalue weighted by atomic mass is 19.2. The van der Waals surface area contributed by atoms with E-state index in [1.165, 1.54) is 25.0 Å². The quantitative estimate of drug-likeness (QED) is 0.445. The predicted molar refractivity (Wildman–Crippen MR) is 125 cm³/mol. The van der Waals surface area contributed by atoms with Crippen molar-refractivity contribution in [2.45, 2.75) is 19.4 Å². The van der Waals surface area contributed by atoms with Crippen molar-refractivity contribution in [2.24, 2.45) is 0 Å². The van der Waals surface area contributed by atoms with E-state index in [2.05, 4.69) is 25.3 Å². The number of rotatable bonds is 7. The molecule has 9 heteroatoms. The van der Waals surface area contributed by atoms with Crippen LogP contribution in [-0.4, -0.2) is 50.8 Å². The molecule has 0 unspecified atom stereocenters. The van der Waals surface area contributed by atoms with E-state index in [0.29, 0.717) is 35.9 Å². The zero-order chi connectivity index (χ0) is 22.8. The molecule has 1 aliphatic heterocycles. The lowest BCUT2D eigenvalue weighted by atomic mass is 10.1. The van der Waals surface area contributed by atoms with Crippen LogP contribution in [0.5, 0.6) is 0 Å². The molecule has 0 spiro atoms. The van der Waals surface area contributed by atoms with Gasteiger partial charge in [0.25, 0.3) is 0 Å². The third-order valence-electron chi connectivity index (χ3n) is 5.93. The fraction of sp³-hybridized carbons (Fsp3) is 0.292. The molecule has 0 bridgehead atoms. The minimum atomic E-state index is -0.976. The van der Waals surface area contributed by atoms with Crippen molar-refractivity contribution < 1.29 is 8.78 Å². The highest BCUT2D eigenvalue weighted by Crippen LogP contribution is 2.33. The molecule has 5 rings (SSSR count). The number of aromatic nitrogens is 4. The van der Waals surface area contributed by atoms with Crippen LogP contribution in [0, 0.1) is 11.6 Å². The Balaban J connectivity index is 1.55. The fourth-order valence-electron chi connectivity index (χ4n) is 4.22. The molecule has 4 aromatic rings. The van der Waals surface area contributed by atoms with E-state index >= 15 is 0 Å². The van der Waals surface area contributed by atoms with Crippen LogP contribution in [0.3, 0.4) is 0 Å². The number of hydrogen-bond donors (Lipinski definition) is 2. The lowest BCUT2D eigenvalue weighted by Crippen LogP contribution is -2.26. The number of nitrogens with one attached hydrogen (secondary N) is 1. The van der Waals surface area contributed by atoms with Crippen LogP contribution >= 0.6 is 0 Å². The summed E-state index contributed by atoms with van der Waals surface area (Å²) in [5.41, 5.74) is 8.01. The smallest absolute Gasteiger partial charge is 0.225 e. The predicted octanol–water partition coefficient (Wildman–Crippen LogP) is 3.91. The third-order valence-corrected chi connectivity index (χ3v) is 5.93. The number of hydrogen-bond acceptors (Lipinski definition) is 6. The minimum absolute atomic E-state index is 0.0240. The molecule has 7 nitrogen and oxygen atoms in total. The van der Waals surface area contributed by atoms with Crippen LogP contribution < -0.4 is 11.1 Å². The second-order valence-corrected chi connectivity index (χ2v) is 8.20. The topological polar surface area (TPSA) is 84.9 Å². The molecule has 0 saturated carbocycles. The molecule has 0 atom stereocenters. The molecule has 170 valence electrons. The van der Waals surface area contributed by atoms with E-state index < -0.39 is 11.6 Å². The molecule has 0 radical (unpaired) electrons. The lowest BCUT2D eigenvalue weighted by molar-refractivity contribution is 0.352. The number of nitrogens with zero attached hydrogens (tertiary/aromatic N) is 5. The Morgan fingerprint density at radius 3 is 2.55 bits per heavy atom. The number of fused-ring (bicyclic) bond motifs is 1. The summed E-state index contributed by atoms with van der Waals surface area (Å²) in [6, 6.07) is 13.8. The van der Waals surface area contributed by atoms with Crippen molar-refractivity contribution in [3.8, 4) is 11.3 Å². The lowest BCUT2D eigenvalue weighted by Gasteiger charge is -2.15. The van der Waals surface area contributed by atoms with Crippen LogP contribution in [-0.2, 0) is 6.54 Å². The molecule has 1 fully saturated rings. The molecule has 1 saturated heterocycles. The van der Waals surface area contributed by atoms with Crippen molar-refractivity contribution in [3.63, 3.8) is 0 Å². The zero-order valence-corrected chi connectivity index (χ0v) is 18.1. The maximum Gasteiger partial charge on any atom is 0.225 e. The second-order valence-electron chi connectivity index (χ2n) is 8.20. The zero-order valence-electron chi connectivity index (χ0n) is 18.1. The maximum atomic E-state index is 14.8. The van der Waals surface area contributed by atoms with Gasteiger partial charge in [-0.2, -0.15) is 4.98 Å². The van der Waals surface area contributed by atoms with Gasteiger partial charge >= 0.3 is 0 Å². The average Bonchev–Trinajstić information content (AvgIpc) is 3.44. The van der Waals surface area contributed by atoms with E-state index in [0.717, 1.165) is 31.3 Å². The van der Waals surface area contributed by atoms with Crippen molar-refractivity contribution in [3.05, 3.63) is 65.7 Å². The van der Waals surface area contributed by atoms with Gasteiger partial charge in [0.05, 0.1) is 17.6 Å². The van der Waals surface area contributed by atoms with Crippen LogP contribution in [0.25, 0.3) is 22.3 Å². The number of likely N-dealkylation sites (tertiary alicyclic amines) is 1. The van der Waals surface area contributed by atoms with Gasteiger partial charge in [-0.15, -0.1) is 5.10 Å². The summed E-state index contributed by atoms with van der Waals surface area (Å²) >= 11 is 0. The molecule has 0 amide bonds. The molecule has 3 heterocycles. The summed E-state index contributed by atoms with van der Waals surface area (Å²) < 4.78 is 30.4. The summed E-state index contributed by atoms with van der Waals surface area (Å²) in [6.07, 6.45) is 2.42. The largest absolute Gasteiger partial charge is 0.383 e. The molecule has 1 aliphatic rings. The first-order valence-corrected chi connectivity index (χ1v) is 11.1. The van der Waals surface area contributed by atoms with Gasteiger partial charge in [0.15, 0.2) is 17.3 Å². The Kier molecular flexibility index (Phi) is 5.87. The summed E-state index contributed by atoms with van der Waals surface area (Å²) in [6.45, 7) is 4.09. The Morgan fingerprint density at radius 2 is 1.76 bits per heavy atom. The van der Waals surface area contributed by atoms with Crippen LogP contribution in [0.4, 0.5) is 20.5 Å². The molecular weight excluding hydrogens is 424 g/mol. The fourth-order valence-corrected chi connectivity index (χ4v) is 4.22. The van der Waals surface area contributed by atoms with E-state index in [-0.39, 0.29) is 11.3 Å². The van der Waals surface area contributed by atoms with Gasteiger partial charge < -0.3 is 16.0 Å². The van der Waals surface area contributed by atoms with Gasteiger partial charge in [-0.25, -0.2) is 18.4 Å². The van der Waals surface area contributed by atoms with Crippen LogP contribution in [0.1, 0.15) is 18.4 Å². The Labute approximate surface area is 190 Å². The Morgan fingerprint density at radius 1 is 0.970 bits per heavy atom. The molecular formula is C24H25F2N7. The van der Waals surface area contributed by atoms with E-state index in [1.54, 1.807) is 4.68 Å². The van der Waals surface area contributed by atoms with Gasteiger partial charge in [0.1, 0.15) is 5.82 Å².